The van der Waals surface area contributed by atoms with Crippen molar-refractivity contribution >= 4 is 5.69 Å². The zero-order valence-corrected chi connectivity index (χ0v) is 13.5. The van der Waals surface area contributed by atoms with Crippen LogP contribution >= 0.6 is 0 Å². The fourth-order valence-electron chi connectivity index (χ4n) is 2.84. The van der Waals surface area contributed by atoms with Gasteiger partial charge in [0.1, 0.15) is 0 Å². The molecule has 0 saturated carbocycles. The average Bonchev–Trinajstić information content (AvgIpc) is 2.48. The molecule has 21 heavy (non-hydrogen) atoms. The van der Waals surface area contributed by atoms with Crippen LogP contribution in [0.5, 0.6) is 0 Å². The van der Waals surface area contributed by atoms with Gasteiger partial charge in [-0.05, 0) is 24.7 Å². The number of hydrogen-bond donors (Lipinski definition) is 1. The summed E-state index contributed by atoms with van der Waals surface area (Å²) in [5.74, 6) is 1.07. The summed E-state index contributed by atoms with van der Waals surface area (Å²) in [5, 5.41) is 4.32. The Kier molecular flexibility index (Phi) is 5.39. The van der Waals surface area contributed by atoms with Gasteiger partial charge in [0.25, 0.3) is 5.56 Å². The molecular formula is C16H28N4O. The van der Waals surface area contributed by atoms with E-state index in [2.05, 4.69) is 30.8 Å². The molecule has 3 unspecified atom stereocenters. The predicted molar refractivity (Wildman–Crippen MR) is 86.5 cm³/mol. The fraction of sp³-hybridized carbons (Fsp3) is 0.750. The monoisotopic (exact) mass is 292 g/mol. The Morgan fingerprint density at radius 3 is 2.90 bits per heavy atom. The molecule has 1 aliphatic heterocycles. The topological polar surface area (TPSA) is 64.2 Å². The van der Waals surface area contributed by atoms with Gasteiger partial charge in [0.2, 0.25) is 0 Å². The van der Waals surface area contributed by atoms with Gasteiger partial charge in [-0.25, -0.2) is 4.68 Å². The molecule has 1 aromatic rings. The van der Waals surface area contributed by atoms with Crippen molar-refractivity contribution in [1.82, 2.24) is 9.78 Å². The third kappa shape index (κ3) is 4.06. The summed E-state index contributed by atoms with van der Waals surface area (Å²) in [5.41, 5.74) is 7.01. The molecule has 0 amide bonds. The van der Waals surface area contributed by atoms with Crippen molar-refractivity contribution in [3.63, 3.8) is 0 Å². The standard InChI is InChI=1S/C16H28N4O/c1-4-13(3)15(17)11-20-16(21)8-14(9-18-20)19-7-5-6-12(2)10-19/h8-9,12-13,15H,4-7,10-11,17H2,1-3H3. The van der Waals surface area contributed by atoms with Crippen LogP contribution in [-0.2, 0) is 6.54 Å². The summed E-state index contributed by atoms with van der Waals surface area (Å²) in [6, 6.07) is 1.68. The first-order valence-electron chi connectivity index (χ1n) is 8.09. The van der Waals surface area contributed by atoms with Gasteiger partial charge in [-0.2, -0.15) is 5.10 Å². The lowest BCUT2D eigenvalue weighted by Gasteiger charge is -2.32. The molecule has 2 heterocycles. The lowest BCUT2D eigenvalue weighted by molar-refractivity contribution is 0.373. The molecule has 0 bridgehead atoms. The fourth-order valence-corrected chi connectivity index (χ4v) is 2.84. The summed E-state index contributed by atoms with van der Waals surface area (Å²) in [7, 11) is 0. The number of aromatic nitrogens is 2. The average molecular weight is 292 g/mol. The molecule has 0 radical (unpaired) electrons. The molecule has 0 aliphatic carbocycles. The third-order valence-electron chi connectivity index (χ3n) is 4.64. The van der Waals surface area contributed by atoms with Crippen LogP contribution in [0.3, 0.4) is 0 Å². The van der Waals surface area contributed by atoms with Gasteiger partial charge in [-0.3, -0.25) is 4.79 Å². The zero-order valence-electron chi connectivity index (χ0n) is 13.5. The van der Waals surface area contributed by atoms with E-state index < -0.39 is 0 Å². The lowest BCUT2D eigenvalue weighted by atomic mass is 10.00. The molecule has 5 nitrogen and oxygen atoms in total. The molecule has 1 saturated heterocycles. The summed E-state index contributed by atoms with van der Waals surface area (Å²) >= 11 is 0. The molecule has 0 aromatic carbocycles. The zero-order chi connectivity index (χ0) is 15.4. The molecule has 1 aromatic heterocycles. The SMILES string of the molecule is CCC(C)C(N)Cn1ncc(N2CCCC(C)C2)cc1=O. The highest BCUT2D eigenvalue weighted by Crippen LogP contribution is 2.20. The van der Waals surface area contributed by atoms with Crippen LogP contribution in [0.2, 0.25) is 0 Å². The van der Waals surface area contributed by atoms with Crippen molar-refractivity contribution in [3.8, 4) is 0 Å². The highest BCUT2D eigenvalue weighted by atomic mass is 16.1. The van der Waals surface area contributed by atoms with Gasteiger partial charge < -0.3 is 10.6 Å². The van der Waals surface area contributed by atoms with E-state index in [1.165, 1.54) is 17.5 Å². The Bertz CT molecular complexity index is 513. The number of anilines is 1. The molecule has 3 atom stereocenters. The quantitative estimate of drug-likeness (QED) is 0.899. The number of nitrogens with two attached hydrogens (primary N) is 1. The normalized spacial score (nSPS) is 22.1. The highest BCUT2D eigenvalue weighted by Gasteiger charge is 2.18. The van der Waals surface area contributed by atoms with Crippen molar-refractivity contribution in [2.24, 2.45) is 17.6 Å². The van der Waals surface area contributed by atoms with E-state index in [0.29, 0.717) is 18.4 Å². The van der Waals surface area contributed by atoms with Gasteiger partial charge in [0.15, 0.2) is 0 Å². The molecule has 0 spiro atoms. The minimum absolute atomic E-state index is 0.0268. The second-order valence-electron chi connectivity index (χ2n) is 6.48. The first-order chi connectivity index (χ1) is 10.0. The van der Waals surface area contributed by atoms with Gasteiger partial charge in [-0.15, -0.1) is 0 Å². The maximum atomic E-state index is 12.2. The molecule has 118 valence electrons. The van der Waals surface area contributed by atoms with Crippen LogP contribution in [0.15, 0.2) is 17.1 Å². The van der Waals surface area contributed by atoms with Crippen LogP contribution in [0.25, 0.3) is 0 Å². The van der Waals surface area contributed by atoms with Crippen molar-refractivity contribution in [2.45, 2.75) is 52.6 Å². The number of nitrogens with zero attached hydrogens (tertiary/aromatic N) is 3. The Morgan fingerprint density at radius 2 is 2.29 bits per heavy atom. The molecule has 1 aliphatic rings. The van der Waals surface area contributed by atoms with Crippen molar-refractivity contribution in [3.05, 3.63) is 22.6 Å². The Balaban J connectivity index is 2.08. The summed E-state index contributed by atoms with van der Waals surface area (Å²) in [6.45, 7) is 9.00. The van der Waals surface area contributed by atoms with Gasteiger partial charge >= 0.3 is 0 Å². The van der Waals surface area contributed by atoms with Crippen LogP contribution in [0.4, 0.5) is 5.69 Å². The first-order valence-corrected chi connectivity index (χ1v) is 8.09. The van der Waals surface area contributed by atoms with E-state index in [1.807, 2.05) is 6.20 Å². The van der Waals surface area contributed by atoms with E-state index >= 15 is 0 Å². The first kappa shape index (κ1) is 16.0. The molecular weight excluding hydrogens is 264 g/mol. The van der Waals surface area contributed by atoms with E-state index in [9.17, 15) is 4.79 Å². The molecule has 2 rings (SSSR count). The van der Waals surface area contributed by atoms with Crippen molar-refractivity contribution < 1.29 is 0 Å². The maximum absolute atomic E-state index is 12.2. The lowest BCUT2D eigenvalue weighted by Crippen LogP contribution is -2.39. The Labute approximate surface area is 127 Å². The Hall–Kier alpha value is -1.36. The minimum atomic E-state index is -0.0514. The summed E-state index contributed by atoms with van der Waals surface area (Å²) < 4.78 is 1.49. The third-order valence-corrected chi connectivity index (χ3v) is 4.64. The van der Waals surface area contributed by atoms with Crippen molar-refractivity contribution in [1.29, 1.82) is 0 Å². The Morgan fingerprint density at radius 1 is 1.52 bits per heavy atom. The van der Waals surface area contributed by atoms with E-state index in [4.69, 9.17) is 5.73 Å². The largest absolute Gasteiger partial charge is 0.370 e. The summed E-state index contributed by atoms with van der Waals surface area (Å²) in [4.78, 5) is 14.5. The smallest absolute Gasteiger partial charge is 0.268 e. The number of rotatable bonds is 5. The number of piperidine rings is 1. The second kappa shape index (κ2) is 7.07. The predicted octanol–water partition coefficient (Wildman–Crippen LogP) is 1.85. The number of hydrogen-bond acceptors (Lipinski definition) is 4. The van der Waals surface area contributed by atoms with Crippen LogP contribution < -0.4 is 16.2 Å². The van der Waals surface area contributed by atoms with Gasteiger partial charge in [0.05, 0.1) is 18.4 Å². The highest BCUT2D eigenvalue weighted by molar-refractivity contribution is 5.43. The van der Waals surface area contributed by atoms with Crippen LogP contribution in [0.1, 0.15) is 40.0 Å². The van der Waals surface area contributed by atoms with Crippen LogP contribution in [0, 0.1) is 11.8 Å². The van der Waals surface area contributed by atoms with E-state index in [0.717, 1.165) is 25.2 Å². The molecule has 5 heteroatoms. The summed E-state index contributed by atoms with van der Waals surface area (Å²) in [6.07, 6.45) is 5.27. The maximum Gasteiger partial charge on any atom is 0.268 e. The van der Waals surface area contributed by atoms with Gasteiger partial charge in [-0.1, -0.05) is 27.2 Å². The van der Waals surface area contributed by atoms with Gasteiger partial charge in [0, 0.05) is 25.2 Å². The van der Waals surface area contributed by atoms with E-state index in [-0.39, 0.29) is 11.6 Å². The molecule has 2 N–H and O–H groups in total. The second-order valence-corrected chi connectivity index (χ2v) is 6.48. The van der Waals surface area contributed by atoms with Crippen LogP contribution in [-0.4, -0.2) is 28.9 Å². The minimum Gasteiger partial charge on any atom is -0.370 e. The van der Waals surface area contributed by atoms with E-state index in [1.54, 1.807) is 6.07 Å². The molecule has 1 fully saturated rings. The van der Waals surface area contributed by atoms with Crippen molar-refractivity contribution in [2.75, 3.05) is 18.0 Å².